The number of amides is 2. The Labute approximate surface area is 147 Å². The number of rotatable bonds is 2. The van der Waals surface area contributed by atoms with E-state index in [2.05, 4.69) is 43.7 Å². The van der Waals surface area contributed by atoms with Gasteiger partial charge in [0.1, 0.15) is 0 Å². The fourth-order valence-electron chi connectivity index (χ4n) is 3.16. The third kappa shape index (κ3) is 3.01. The number of piperidine rings is 1. The molecule has 2 saturated heterocycles. The van der Waals surface area contributed by atoms with E-state index in [0.29, 0.717) is 11.6 Å². The van der Waals surface area contributed by atoms with E-state index >= 15 is 0 Å². The second kappa shape index (κ2) is 6.42. The lowest BCUT2D eigenvalue weighted by atomic mass is 9.97. The number of carbonyl (C=O) groups is 2. The number of imide groups is 1. The van der Waals surface area contributed by atoms with Crippen LogP contribution in [0.25, 0.3) is 0 Å². The summed E-state index contributed by atoms with van der Waals surface area (Å²) in [6.07, 6.45) is 2.48. The SMILES string of the molecule is CC1CCN([C@@H]2CC(=O)N(c3ccc(Br)cc3Br)C2=O)CC1. The summed E-state index contributed by atoms with van der Waals surface area (Å²) in [6, 6.07) is 5.20. The third-order valence-electron chi connectivity index (χ3n) is 4.53. The lowest BCUT2D eigenvalue weighted by Crippen LogP contribution is -2.45. The molecule has 0 spiro atoms. The highest BCUT2D eigenvalue weighted by Gasteiger charge is 2.43. The molecule has 0 aliphatic carbocycles. The van der Waals surface area contributed by atoms with Gasteiger partial charge in [0, 0.05) is 8.95 Å². The van der Waals surface area contributed by atoms with Crippen molar-refractivity contribution < 1.29 is 9.59 Å². The van der Waals surface area contributed by atoms with Crippen molar-refractivity contribution in [3.8, 4) is 0 Å². The van der Waals surface area contributed by atoms with Crippen LogP contribution in [0.3, 0.4) is 0 Å². The van der Waals surface area contributed by atoms with E-state index < -0.39 is 0 Å². The fourth-order valence-corrected chi connectivity index (χ4v) is 4.38. The highest BCUT2D eigenvalue weighted by molar-refractivity contribution is 9.11. The van der Waals surface area contributed by atoms with Gasteiger partial charge in [-0.3, -0.25) is 14.5 Å². The average molecular weight is 430 g/mol. The first kappa shape index (κ1) is 16.1. The number of halogens is 2. The van der Waals surface area contributed by atoms with Gasteiger partial charge in [-0.15, -0.1) is 0 Å². The molecule has 0 aromatic heterocycles. The lowest BCUT2D eigenvalue weighted by Gasteiger charge is -2.33. The second-order valence-corrected chi connectivity index (χ2v) is 7.87. The van der Waals surface area contributed by atoms with Gasteiger partial charge in [-0.25, -0.2) is 4.90 Å². The second-order valence-electron chi connectivity index (χ2n) is 6.10. The van der Waals surface area contributed by atoms with Gasteiger partial charge in [-0.1, -0.05) is 22.9 Å². The molecule has 4 nitrogen and oxygen atoms in total. The molecule has 118 valence electrons. The predicted molar refractivity (Wildman–Crippen MR) is 92.7 cm³/mol. The van der Waals surface area contributed by atoms with Crippen molar-refractivity contribution in [1.82, 2.24) is 4.90 Å². The standard InChI is InChI=1S/C16H18Br2N2O2/c1-10-4-6-19(7-5-10)14-9-15(21)20(16(14)22)13-3-2-11(17)8-12(13)18/h2-3,8,10,14H,4-7,9H2,1H3/t14-/m1/s1. The predicted octanol–water partition coefficient (Wildman–Crippen LogP) is 3.58. The number of likely N-dealkylation sites (tertiary alicyclic amines) is 1. The Morgan fingerprint density at radius 2 is 1.82 bits per heavy atom. The molecule has 0 N–H and O–H groups in total. The summed E-state index contributed by atoms with van der Waals surface area (Å²) in [5.74, 6) is 0.499. The van der Waals surface area contributed by atoms with E-state index in [9.17, 15) is 9.59 Å². The number of hydrogen-bond donors (Lipinski definition) is 0. The van der Waals surface area contributed by atoms with Crippen LogP contribution in [0.2, 0.25) is 0 Å². The number of anilines is 1. The normalized spacial score (nSPS) is 24.3. The monoisotopic (exact) mass is 428 g/mol. The summed E-state index contributed by atoms with van der Waals surface area (Å²) in [7, 11) is 0. The van der Waals surface area contributed by atoms with Gasteiger partial charge in [0.15, 0.2) is 0 Å². The first-order chi connectivity index (χ1) is 10.5. The molecule has 2 amide bonds. The number of carbonyl (C=O) groups excluding carboxylic acids is 2. The molecule has 0 unspecified atom stereocenters. The van der Waals surface area contributed by atoms with Crippen LogP contribution >= 0.6 is 31.9 Å². The summed E-state index contributed by atoms with van der Waals surface area (Å²) < 4.78 is 1.65. The molecule has 2 heterocycles. The fraction of sp³-hybridized carbons (Fsp3) is 0.500. The number of nitrogens with zero attached hydrogens (tertiary/aromatic N) is 2. The molecule has 22 heavy (non-hydrogen) atoms. The molecule has 6 heteroatoms. The van der Waals surface area contributed by atoms with Crippen molar-refractivity contribution >= 4 is 49.4 Å². The van der Waals surface area contributed by atoms with Crippen LogP contribution in [0.15, 0.2) is 27.1 Å². The Bertz CT molecular complexity index is 612. The Kier molecular flexibility index (Phi) is 4.71. The highest BCUT2D eigenvalue weighted by atomic mass is 79.9. The minimum Gasteiger partial charge on any atom is -0.292 e. The van der Waals surface area contributed by atoms with Gasteiger partial charge in [-0.2, -0.15) is 0 Å². The van der Waals surface area contributed by atoms with Crippen LogP contribution in [0.4, 0.5) is 5.69 Å². The van der Waals surface area contributed by atoms with Crippen molar-refractivity contribution in [3.63, 3.8) is 0 Å². The van der Waals surface area contributed by atoms with E-state index in [1.807, 2.05) is 12.1 Å². The van der Waals surface area contributed by atoms with Gasteiger partial charge >= 0.3 is 0 Å². The van der Waals surface area contributed by atoms with E-state index in [-0.39, 0.29) is 24.3 Å². The van der Waals surface area contributed by atoms with Crippen molar-refractivity contribution in [3.05, 3.63) is 27.1 Å². The topological polar surface area (TPSA) is 40.6 Å². The molecular weight excluding hydrogens is 412 g/mol. The smallest absolute Gasteiger partial charge is 0.251 e. The van der Waals surface area contributed by atoms with Gasteiger partial charge in [-0.05, 0) is 66.0 Å². The quantitative estimate of drug-likeness (QED) is 0.674. The van der Waals surface area contributed by atoms with Crippen LogP contribution < -0.4 is 4.90 Å². The summed E-state index contributed by atoms with van der Waals surface area (Å²) in [6.45, 7) is 4.05. The molecule has 1 aromatic carbocycles. The highest BCUT2D eigenvalue weighted by Crippen LogP contribution is 2.34. The zero-order valence-electron chi connectivity index (χ0n) is 12.4. The minimum absolute atomic E-state index is 0.0948. The Hall–Kier alpha value is -0.720. The van der Waals surface area contributed by atoms with Gasteiger partial charge < -0.3 is 0 Å². The Morgan fingerprint density at radius 3 is 2.45 bits per heavy atom. The molecule has 0 radical (unpaired) electrons. The van der Waals surface area contributed by atoms with E-state index in [4.69, 9.17) is 0 Å². The third-order valence-corrected chi connectivity index (χ3v) is 5.66. The van der Waals surface area contributed by atoms with Crippen LogP contribution in [0.5, 0.6) is 0 Å². The van der Waals surface area contributed by atoms with Crippen molar-refractivity contribution in [2.75, 3.05) is 18.0 Å². The lowest BCUT2D eigenvalue weighted by molar-refractivity contribution is -0.123. The Morgan fingerprint density at radius 1 is 1.14 bits per heavy atom. The van der Waals surface area contributed by atoms with Crippen LogP contribution in [0, 0.1) is 5.92 Å². The average Bonchev–Trinajstić information content (AvgIpc) is 2.76. The number of benzene rings is 1. The molecule has 2 fully saturated rings. The van der Waals surface area contributed by atoms with E-state index in [0.717, 1.165) is 34.9 Å². The Balaban J connectivity index is 1.82. The zero-order chi connectivity index (χ0) is 15.9. The molecular formula is C16H18Br2N2O2. The summed E-state index contributed by atoms with van der Waals surface area (Å²) >= 11 is 6.83. The van der Waals surface area contributed by atoms with Gasteiger partial charge in [0.05, 0.1) is 18.2 Å². The van der Waals surface area contributed by atoms with E-state index in [1.54, 1.807) is 6.07 Å². The summed E-state index contributed by atoms with van der Waals surface area (Å²) in [5.41, 5.74) is 0.631. The first-order valence-electron chi connectivity index (χ1n) is 7.53. The maximum Gasteiger partial charge on any atom is 0.251 e. The maximum absolute atomic E-state index is 12.8. The summed E-state index contributed by atoms with van der Waals surface area (Å²) in [4.78, 5) is 28.7. The minimum atomic E-state index is -0.296. The van der Waals surface area contributed by atoms with Crippen molar-refractivity contribution in [1.29, 1.82) is 0 Å². The molecule has 3 rings (SSSR count). The van der Waals surface area contributed by atoms with Gasteiger partial charge in [0.2, 0.25) is 5.91 Å². The van der Waals surface area contributed by atoms with Crippen molar-refractivity contribution in [2.45, 2.75) is 32.2 Å². The molecule has 2 aliphatic heterocycles. The van der Waals surface area contributed by atoms with Crippen LogP contribution in [0.1, 0.15) is 26.2 Å². The molecule has 1 atom stereocenters. The zero-order valence-corrected chi connectivity index (χ0v) is 15.6. The van der Waals surface area contributed by atoms with E-state index in [1.165, 1.54) is 4.90 Å². The molecule has 1 aromatic rings. The summed E-state index contributed by atoms with van der Waals surface area (Å²) in [5, 5.41) is 0. The van der Waals surface area contributed by atoms with Crippen molar-refractivity contribution in [2.24, 2.45) is 5.92 Å². The van der Waals surface area contributed by atoms with Crippen LogP contribution in [-0.4, -0.2) is 35.8 Å². The molecule has 0 saturated carbocycles. The largest absolute Gasteiger partial charge is 0.292 e. The first-order valence-corrected chi connectivity index (χ1v) is 9.12. The van der Waals surface area contributed by atoms with Crippen LogP contribution in [-0.2, 0) is 9.59 Å². The molecule has 2 aliphatic rings. The number of hydrogen-bond acceptors (Lipinski definition) is 3. The maximum atomic E-state index is 12.8. The van der Waals surface area contributed by atoms with Gasteiger partial charge in [0.25, 0.3) is 5.91 Å². The molecule has 0 bridgehead atoms.